The molecule has 1 saturated carbocycles. The number of urea groups is 1. The van der Waals surface area contributed by atoms with Gasteiger partial charge in [-0.3, -0.25) is 19.3 Å². The van der Waals surface area contributed by atoms with Crippen molar-refractivity contribution in [3.63, 3.8) is 0 Å². The predicted molar refractivity (Wildman–Crippen MR) is 99.1 cm³/mol. The molecule has 1 aromatic rings. The van der Waals surface area contributed by atoms with E-state index in [0.717, 1.165) is 12.8 Å². The number of rotatable bonds is 6. The Bertz CT molecular complexity index is 753. The van der Waals surface area contributed by atoms with Crippen LogP contribution in [-0.2, 0) is 9.59 Å². The smallest absolute Gasteiger partial charge is 0.325 e. The Labute approximate surface area is 157 Å². The van der Waals surface area contributed by atoms with Crippen LogP contribution in [-0.4, -0.2) is 47.8 Å². The minimum Gasteiger partial charge on any atom is -0.355 e. The minimum absolute atomic E-state index is 0.157. The van der Waals surface area contributed by atoms with Gasteiger partial charge in [-0.05, 0) is 43.5 Å². The van der Waals surface area contributed by atoms with Crippen molar-refractivity contribution in [3.05, 3.63) is 29.8 Å². The van der Waals surface area contributed by atoms with Crippen molar-refractivity contribution < 1.29 is 19.2 Å². The van der Waals surface area contributed by atoms with E-state index in [4.69, 9.17) is 0 Å². The van der Waals surface area contributed by atoms with Gasteiger partial charge in [0.15, 0.2) is 0 Å². The Hall–Kier alpha value is -2.90. The van der Waals surface area contributed by atoms with E-state index in [1.165, 1.54) is 4.90 Å². The van der Waals surface area contributed by atoms with E-state index in [1.54, 1.807) is 31.3 Å². The van der Waals surface area contributed by atoms with Gasteiger partial charge in [0.2, 0.25) is 5.91 Å². The van der Waals surface area contributed by atoms with Gasteiger partial charge in [-0.1, -0.05) is 12.8 Å². The number of anilines is 1. The molecule has 3 rings (SSSR count). The highest BCUT2D eigenvalue weighted by molar-refractivity contribution is 6.07. The molecule has 5 amide bonds. The molecular formula is C19H24N4O4. The summed E-state index contributed by atoms with van der Waals surface area (Å²) in [5.74, 6) is -0.554. The molecule has 1 saturated heterocycles. The monoisotopic (exact) mass is 372 g/mol. The summed E-state index contributed by atoms with van der Waals surface area (Å²) in [5.41, 5.74) is 0.397. The first-order valence-corrected chi connectivity index (χ1v) is 9.21. The molecule has 0 radical (unpaired) electrons. The van der Waals surface area contributed by atoms with Crippen molar-refractivity contribution in [2.45, 2.75) is 44.1 Å². The Kier molecular flexibility index (Phi) is 5.43. The molecule has 27 heavy (non-hydrogen) atoms. The summed E-state index contributed by atoms with van der Waals surface area (Å²) in [6, 6.07) is 6.21. The van der Waals surface area contributed by atoms with E-state index < -0.39 is 5.54 Å². The average Bonchev–Trinajstić information content (AvgIpc) is 3.22. The molecular weight excluding hydrogens is 348 g/mol. The zero-order chi connectivity index (χ0) is 19.4. The van der Waals surface area contributed by atoms with Crippen molar-refractivity contribution in [1.29, 1.82) is 0 Å². The second-order valence-electron chi connectivity index (χ2n) is 6.98. The molecule has 0 atom stereocenters. The second kappa shape index (κ2) is 7.77. The first-order chi connectivity index (χ1) is 12.9. The normalized spacial score (nSPS) is 17.9. The lowest BCUT2D eigenvalue weighted by Gasteiger charge is -2.19. The third-order valence-electron chi connectivity index (χ3n) is 5.15. The number of hydrogen-bond donors (Lipinski definition) is 3. The van der Waals surface area contributed by atoms with Crippen LogP contribution >= 0.6 is 0 Å². The van der Waals surface area contributed by atoms with Crippen molar-refractivity contribution in [2.75, 3.05) is 18.9 Å². The van der Waals surface area contributed by atoms with Gasteiger partial charge >= 0.3 is 6.03 Å². The van der Waals surface area contributed by atoms with Gasteiger partial charge in [0, 0.05) is 31.3 Å². The van der Waals surface area contributed by atoms with Crippen LogP contribution in [0.1, 0.15) is 48.9 Å². The fourth-order valence-electron chi connectivity index (χ4n) is 3.67. The Morgan fingerprint density at radius 1 is 1.15 bits per heavy atom. The maximum Gasteiger partial charge on any atom is 0.325 e. The lowest BCUT2D eigenvalue weighted by atomic mass is 9.98. The number of carbonyl (C=O) groups is 4. The maximum atomic E-state index is 12.5. The van der Waals surface area contributed by atoms with Gasteiger partial charge in [-0.2, -0.15) is 0 Å². The highest BCUT2D eigenvalue weighted by Crippen LogP contribution is 2.35. The minimum atomic E-state index is -0.703. The number of amides is 5. The van der Waals surface area contributed by atoms with E-state index in [-0.39, 0.29) is 36.7 Å². The third kappa shape index (κ3) is 3.94. The van der Waals surface area contributed by atoms with E-state index >= 15 is 0 Å². The molecule has 8 heteroatoms. The van der Waals surface area contributed by atoms with Crippen LogP contribution in [0, 0.1) is 0 Å². The highest BCUT2D eigenvalue weighted by Gasteiger charge is 2.51. The summed E-state index contributed by atoms with van der Waals surface area (Å²) >= 11 is 0. The molecule has 1 aliphatic carbocycles. The fraction of sp³-hybridized carbons (Fsp3) is 0.474. The van der Waals surface area contributed by atoms with Gasteiger partial charge in [0.1, 0.15) is 5.54 Å². The maximum absolute atomic E-state index is 12.5. The van der Waals surface area contributed by atoms with Gasteiger partial charge in [0.25, 0.3) is 11.8 Å². The first-order valence-electron chi connectivity index (χ1n) is 9.21. The molecule has 1 spiro atoms. The number of imide groups is 1. The Morgan fingerprint density at radius 3 is 2.44 bits per heavy atom. The average molecular weight is 372 g/mol. The number of nitrogens with zero attached hydrogens (tertiary/aromatic N) is 1. The zero-order valence-corrected chi connectivity index (χ0v) is 15.3. The van der Waals surface area contributed by atoms with Gasteiger partial charge < -0.3 is 16.0 Å². The van der Waals surface area contributed by atoms with Gasteiger partial charge in [-0.15, -0.1) is 0 Å². The van der Waals surface area contributed by atoms with Crippen molar-refractivity contribution >= 4 is 29.4 Å². The van der Waals surface area contributed by atoms with Crippen LogP contribution in [0.2, 0.25) is 0 Å². The Morgan fingerprint density at radius 2 is 1.81 bits per heavy atom. The van der Waals surface area contributed by atoms with E-state index in [0.29, 0.717) is 30.5 Å². The third-order valence-corrected chi connectivity index (χ3v) is 5.15. The van der Waals surface area contributed by atoms with E-state index in [1.807, 2.05) is 0 Å². The molecule has 0 unspecified atom stereocenters. The van der Waals surface area contributed by atoms with Gasteiger partial charge in [-0.25, -0.2) is 4.79 Å². The molecule has 144 valence electrons. The molecule has 1 heterocycles. The summed E-state index contributed by atoms with van der Waals surface area (Å²) in [4.78, 5) is 49.4. The van der Waals surface area contributed by atoms with Gasteiger partial charge in [0.05, 0.1) is 0 Å². The summed E-state index contributed by atoms with van der Waals surface area (Å²) in [5, 5.41) is 8.11. The molecule has 1 aliphatic heterocycles. The molecule has 3 N–H and O–H groups in total. The van der Waals surface area contributed by atoms with Crippen LogP contribution in [0.5, 0.6) is 0 Å². The second-order valence-corrected chi connectivity index (χ2v) is 6.98. The first kappa shape index (κ1) is 18.9. The van der Waals surface area contributed by atoms with E-state index in [2.05, 4.69) is 16.0 Å². The number of carbonyl (C=O) groups excluding carboxylic acids is 4. The quantitative estimate of drug-likeness (QED) is 0.660. The summed E-state index contributed by atoms with van der Waals surface area (Å²) < 4.78 is 0. The van der Waals surface area contributed by atoms with Crippen LogP contribution in [0.3, 0.4) is 0 Å². The van der Waals surface area contributed by atoms with Crippen molar-refractivity contribution in [3.8, 4) is 0 Å². The number of benzene rings is 1. The SMILES string of the molecule is CNC(=O)c1ccc(NC(=O)CCCN2C(=O)NC3(CCCC3)C2=O)cc1. The molecule has 8 nitrogen and oxygen atoms in total. The number of hydrogen-bond acceptors (Lipinski definition) is 4. The molecule has 1 aromatic carbocycles. The van der Waals surface area contributed by atoms with Crippen LogP contribution < -0.4 is 16.0 Å². The largest absolute Gasteiger partial charge is 0.355 e. The van der Waals surface area contributed by atoms with E-state index in [9.17, 15) is 19.2 Å². The van der Waals surface area contributed by atoms with Crippen LogP contribution in [0.25, 0.3) is 0 Å². The zero-order valence-electron chi connectivity index (χ0n) is 15.3. The predicted octanol–water partition coefficient (Wildman–Crippen LogP) is 1.63. The fourth-order valence-corrected chi connectivity index (χ4v) is 3.67. The Balaban J connectivity index is 1.46. The lowest BCUT2D eigenvalue weighted by molar-refractivity contribution is -0.131. The molecule has 0 aromatic heterocycles. The topological polar surface area (TPSA) is 108 Å². The standard InChI is InChI=1S/C19H24N4O4/c1-20-16(25)13-6-8-14(9-7-13)21-15(24)5-4-12-23-17(26)19(22-18(23)27)10-2-3-11-19/h6-9H,2-5,10-12H2,1H3,(H,20,25)(H,21,24)(H,22,27). The lowest BCUT2D eigenvalue weighted by Crippen LogP contribution is -2.44. The summed E-state index contributed by atoms with van der Waals surface area (Å²) in [6.45, 7) is 0.232. The van der Waals surface area contributed by atoms with Crippen molar-refractivity contribution in [2.24, 2.45) is 0 Å². The summed E-state index contributed by atoms with van der Waals surface area (Å²) in [7, 11) is 1.55. The van der Waals surface area contributed by atoms with Crippen molar-refractivity contribution in [1.82, 2.24) is 15.5 Å². The van der Waals surface area contributed by atoms with Crippen LogP contribution in [0.15, 0.2) is 24.3 Å². The molecule has 2 aliphatic rings. The summed E-state index contributed by atoms with van der Waals surface area (Å²) in [6.07, 6.45) is 3.88. The number of nitrogens with one attached hydrogen (secondary N) is 3. The van der Waals surface area contributed by atoms with Crippen LogP contribution in [0.4, 0.5) is 10.5 Å². The molecule has 2 fully saturated rings. The highest BCUT2D eigenvalue weighted by atomic mass is 16.2. The molecule has 0 bridgehead atoms.